The SMILES string of the molecule is CC[C@@H](N)C(CC1CCCCC1)NC(=O)N1CCCC([C@@H](ON(CC)C(=O)OC)c2cccc(Cl)c2)C1. The molecule has 1 aromatic rings. The number of nitrogens with two attached hydrogens (primary N) is 1. The van der Waals surface area contributed by atoms with Gasteiger partial charge >= 0.3 is 12.1 Å². The lowest BCUT2D eigenvalue weighted by Crippen LogP contribution is -2.54. The van der Waals surface area contributed by atoms with Gasteiger partial charge in [0.2, 0.25) is 0 Å². The number of urea groups is 1. The van der Waals surface area contributed by atoms with E-state index in [9.17, 15) is 9.59 Å². The van der Waals surface area contributed by atoms with Gasteiger partial charge in [0.05, 0.1) is 7.11 Å². The van der Waals surface area contributed by atoms with Crippen molar-refractivity contribution in [3.63, 3.8) is 0 Å². The molecule has 1 saturated heterocycles. The van der Waals surface area contributed by atoms with E-state index < -0.39 is 12.2 Å². The Labute approximate surface area is 227 Å². The summed E-state index contributed by atoms with van der Waals surface area (Å²) < 4.78 is 4.90. The number of amides is 3. The van der Waals surface area contributed by atoms with Crippen LogP contribution in [0.15, 0.2) is 24.3 Å². The van der Waals surface area contributed by atoms with Crippen LogP contribution in [-0.4, -0.2) is 60.9 Å². The summed E-state index contributed by atoms with van der Waals surface area (Å²) in [5.74, 6) is 0.609. The van der Waals surface area contributed by atoms with Gasteiger partial charge in [-0.25, -0.2) is 9.59 Å². The number of methoxy groups -OCH3 is 1. The first-order valence-electron chi connectivity index (χ1n) is 13.9. The third kappa shape index (κ3) is 8.48. The second-order valence-corrected chi connectivity index (χ2v) is 10.9. The van der Waals surface area contributed by atoms with E-state index in [0.717, 1.165) is 31.2 Å². The number of likely N-dealkylation sites (tertiary alicyclic amines) is 1. The first-order chi connectivity index (χ1) is 17.9. The quantitative estimate of drug-likeness (QED) is 0.363. The van der Waals surface area contributed by atoms with E-state index in [-0.39, 0.29) is 24.0 Å². The second-order valence-electron chi connectivity index (χ2n) is 10.5. The summed E-state index contributed by atoms with van der Waals surface area (Å²) in [5, 5.41) is 5.11. The maximum atomic E-state index is 13.5. The number of halogens is 1. The summed E-state index contributed by atoms with van der Waals surface area (Å²) in [6, 6.07) is 7.32. The molecular weight excluding hydrogens is 492 g/mol. The average molecular weight is 537 g/mol. The number of rotatable bonds is 10. The number of nitrogens with zero attached hydrogens (tertiary/aromatic N) is 2. The molecule has 0 radical (unpaired) electrons. The van der Waals surface area contributed by atoms with E-state index in [1.807, 2.05) is 36.1 Å². The predicted octanol–water partition coefficient (Wildman–Crippen LogP) is 5.90. The maximum Gasteiger partial charge on any atom is 0.433 e. The molecule has 8 nitrogen and oxygen atoms in total. The van der Waals surface area contributed by atoms with Gasteiger partial charge in [-0.2, -0.15) is 5.06 Å². The van der Waals surface area contributed by atoms with Crippen molar-refractivity contribution in [1.82, 2.24) is 15.3 Å². The topological polar surface area (TPSA) is 97.1 Å². The second kappa shape index (κ2) is 14.8. The highest BCUT2D eigenvalue weighted by atomic mass is 35.5. The van der Waals surface area contributed by atoms with E-state index in [0.29, 0.717) is 30.6 Å². The van der Waals surface area contributed by atoms with Gasteiger partial charge < -0.3 is 20.7 Å². The predicted molar refractivity (Wildman–Crippen MR) is 146 cm³/mol. The molecule has 2 aliphatic rings. The van der Waals surface area contributed by atoms with Crippen LogP contribution in [0.3, 0.4) is 0 Å². The van der Waals surface area contributed by atoms with E-state index in [1.165, 1.54) is 44.3 Å². The van der Waals surface area contributed by atoms with Gasteiger partial charge in [-0.3, -0.25) is 4.84 Å². The summed E-state index contributed by atoms with van der Waals surface area (Å²) in [6.07, 6.45) is 8.75. The summed E-state index contributed by atoms with van der Waals surface area (Å²) in [6.45, 7) is 5.43. The molecule has 2 fully saturated rings. The van der Waals surface area contributed by atoms with Crippen LogP contribution in [0.4, 0.5) is 9.59 Å². The van der Waals surface area contributed by atoms with Gasteiger partial charge in [0.15, 0.2) is 0 Å². The first kappa shape index (κ1) is 29.5. The highest BCUT2D eigenvalue weighted by Crippen LogP contribution is 2.35. The normalized spacial score (nSPS) is 21.1. The molecule has 37 heavy (non-hydrogen) atoms. The van der Waals surface area contributed by atoms with Crippen LogP contribution in [0.5, 0.6) is 0 Å². The lowest BCUT2D eigenvalue weighted by molar-refractivity contribution is -0.193. The lowest BCUT2D eigenvalue weighted by atomic mass is 9.83. The van der Waals surface area contributed by atoms with Gasteiger partial charge in [-0.15, -0.1) is 0 Å². The van der Waals surface area contributed by atoms with Crippen LogP contribution < -0.4 is 11.1 Å². The Morgan fingerprint density at radius 3 is 2.59 bits per heavy atom. The molecule has 208 valence electrons. The molecule has 4 atom stereocenters. The van der Waals surface area contributed by atoms with Gasteiger partial charge in [0.25, 0.3) is 0 Å². The lowest BCUT2D eigenvalue weighted by Gasteiger charge is -2.39. The van der Waals surface area contributed by atoms with E-state index in [1.54, 1.807) is 0 Å². The minimum atomic E-state index is -0.556. The number of carbonyl (C=O) groups is 2. The van der Waals surface area contributed by atoms with Crippen LogP contribution in [0, 0.1) is 11.8 Å². The zero-order valence-corrected chi connectivity index (χ0v) is 23.4. The van der Waals surface area contributed by atoms with Crippen LogP contribution in [-0.2, 0) is 9.57 Å². The molecular formula is C28H45ClN4O4. The first-order valence-corrected chi connectivity index (χ1v) is 14.3. The molecule has 0 aromatic heterocycles. The molecule has 3 N–H and O–H groups in total. The third-order valence-corrected chi connectivity index (χ3v) is 8.10. The van der Waals surface area contributed by atoms with Crippen LogP contribution in [0.25, 0.3) is 0 Å². The molecule has 3 amide bonds. The Bertz CT molecular complexity index is 866. The summed E-state index contributed by atoms with van der Waals surface area (Å²) in [7, 11) is 1.33. The number of hydrogen-bond acceptors (Lipinski definition) is 5. The molecule has 1 heterocycles. The zero-order chi connectivity index (χ0) is 26.8. The van der Waals surface area contributed by atoms with Gasteiger partial charge in [0, 0.05) is 42.7 Å². The van der Waals surface area contributed by atoms with Crippen molar-refractivity contribution in [2.24, 2.45) is 17.6 Å². The Morgan fingerprint density at radius 1 is 1.19 bits per heavy atom. The van der Waals surface area contributed by atoms with Crippen LogP contribution in [0.1, 0.15) is 83.3 Å². The minimum Gasteiger partial charge on any atom is -0.451 e. The Hall–Kier alpha value is -2.03. The fraction of sp³-hybridized carbons (Fsp3) is 0.714. The van der Waals surface area contributed by atoms with E-state index in [4.69, 9.17) is 26.9 Å². The maximum absolute atomic E-state index is 13.5. The third-order valence-electron chi connectivity index (χ3n) is 7.87. The number of ether oxygens (including phenoxy) is 1. The molecule has 0 spiro atoms. The molecule has 1 aliphatic heterocycles. The van der Waals surface area contributed by atoms with Crippen molar-refractivity contribution in [2.45, 2.75) is 89.8 Å². The minimum absolute atomic E-state index is 0.0201. The standard InChI is InChI=1S/C28H45ClN4O4/c1-4-24(30)25(17-20-11-7-6-8-12-20)31-27(34)32-16-10-14-22(19-32)26(21-13-9-15-23(29)18-21)37-33(5-2)28(35)36-3/h9,13,15,18,20,22,24-26H,4-8,10-12,14,16-17,19,30H2,1-3H3,(H,31,34)/t22?,24-,25?,26+/m1/s1. The van der Waals surface area contributed by atoms with Crippen molar-refractivity contribution in [2.75, 3.05) is 26.7 Å². The van der Waals surface area contributed by atoms with E-state index >= 15 is 0 Å². The van der Waals surface area contributed by atoms with Crippen LogP contribution in [0.2, 0.25) is 5.02 Å². The van der Waals surface area contributed by atoms with Crippen molar-refractivity contribution in [3.05, 3.63) is 34.9 Å². The van der Waals surface area contributed by atoms with Gasteiger partial charge in [-0.05, 0) is 56.2 Å². The smallest absolute Gasteiger partial charge is 0.433 e. The van der Waals surface area contributed by atoms with Gasteiger partial charge in [-0.1, -0.05) is 62.8 Å². The molecule has 9 heteroatoms. The molecule has 0 bridgehead atoms. The van der Waals surface area contributed by atoms with Crippen molar-refractivity contribution < 1.29 is 19.2 Å². The average Bonchev–Trinajstić information content (AvgIpc) is 2.93. The van der Waals surface area contributed by atoms with Crippen LogP contribution >= 0.6 is 11.6 Å². The summed E-state index contributed by atoms with van der Waals surface area (Å²) >= 11 is 6.30. The van der Waals surface area contributed by atoms with E-state index in [2.05, 4.69) is 12.2 Å². The number of hydrogen-bond donors (Lipinski definition) is 2. The number of hydroxylamine groups is 2. The monoisotopic (exact) mass is 536 g/mol. The number of nitrogens with one attached hydrogen (secondary N) is 1. The fourth-order valence-electron chi connectivity index (χ4n) is 5.69. The van der Waals surface area contributed by atoms with Crippen molar-refractivity contribution in [3.8, 4) is 0 Å². The summed E-state index contributed by atoms with van der Waals surface area (Å²) in [4.78, 5) is 33.8. The molecule has 2 unspecified atom stereocenters. The molecule has 3 rings (SSSR count). The fourth-order valence-corrected chi connectivity index (χ4v) is 5.89. The van der Waals surface area contributed by atoms with Crippen molar-refractivity contribution >= 4 is 23.7 Å². The highest BCUT2D eigenvalue weighted by molar-refractivity contribution is 6.30. The molecule has 1 aliphatic carbocycles. The largest absolute Gasteiger partial charge is 0.451 e. The number of benzene rings is 1. The zero-order valence-electron chi connectivity index (χ0n) is 22.7. The van der Waals surface area contributed by atoms with Crippen molar-refractivity contribution in [1.29, 1.82) is 0 Å². The Morgan fingerprint density at radius 2 is 1.95 bits per heavy atom. The number of carbonyl (C=O) groups excluding carboxylic acids is 2. The highest BCUT2D eigenvalue weighted by Gasteiger charge is 2.35. The molecule has 1 aromatic carbocycles. The Balaban J connectivity index is 1.73. The molecule has 1 saturated carbocycles. The number of piperidine rings is 1. The summed E-state index contributed by atoms with van der Waals surface area (Å²) in [5.41, 5.74) is 7.34. The van der Waals surface area contributed by atoms with Gasteiger partial charge in [0.1, 0.15) is 6.10 Å². The Kier molecular flexibility index (Phi) is 11.8.